The lowest BCUT2D eigenvalue weighted by atomic mass is 10.0. The Morgan fingerprint density at radius 1 is 1.32 bits per heavy atom. The number of nitrogens with one attached hydrogen (secondary N) is 1. The molecule has 0 amide bonds. The zero-order chi connectivity index (χ0) is 13.7. The van der Waals surface area contributed by atoms with E-state index in [4.69, 9.17) is 0 Å². The lowest BCUT2D eigenvalue weighted by Gasteiger charge is -2.32. The molecule has 0 saturated carbocycles. The fourth-order valence-corrected chi connectivity index (χ4v) is 2.61. The van der Waals surface area contributed by atoms with Crippen molar-refractivity contribution >= 4 is 5.97 Å². The number of rotatable bonds is 5. The van der Waals surface area contributed by atoms with E-state index in [0.717, 1.165) is 44.6 Å². The first-order valence-electron chi connectivity index (χ1n) is 6.98. The van der Waals surface area contributed by atoms with E-state index in [1.165, 1.54) is 5.56 Å². The smallest absolute Gasteiger partial charge is 0.325 e. The van der Waals surface area contributed by atoms with Crippen LogP contribution in [0.5, 0.6) is 0 Å². The third-order valence-corrected chi connectivity index (χ3v) is 3.58. The molecule has 0 aromatic heterocycles. The van der Waals surface area contributed by atoms with E-state index in [9.17, 15) is 9.90 Å². The number of nitrogens with zero attached hydrogens (tertiary/aromatic N) is 1. The van der Waals surface area contributed by atoms with Gasteiger partial charge in [0.2, 0.25) is 0 Å². The Hall–Kier alpha value is -1.39. The number of carbonyl (C=O) groups is 1. The van der Waals surface area contributed by atoms with Gasteiger partial charge >= 0.3 is 5.97 Å². The van der Waals surface area contributed by atoms with Crippen LogP contribution in [0.25, 0.3) is 0 Å². The van der Waals surface area contributed by atoms with Crippen LogP contribution in [0.4, 0.5) is 0 Å². The average molecular weight is 262 g/mol. The van der Waals surface area contributed by atoms with Crippen LogP contribution in [0.15, 0.2) is 24.3 Å². The topological polar surface area (TPSA) is 52.6 Å². The van der Waals surface area contributed by atoms with Crippen molar-refractivity contribution in [3.05, 3.63) is 35.4 Å². The summed E-state index contributed by atoms with van der Waals surface area (Å²) in [6.07, 6.45) is 2.16. The van der Waals surface area contributed by atoms with E-state index >= 15 is 0 Å². The molecular weight excluding hydrogens is 240 g/mol. The van der Waals surface area contributed by atoms with Gasteiger partial charge in [0, 0.05) is 26.2 Å². The lowest BCUT2D eigenvalue weighted by Crippen LogP contribution is -2.47. The van der Waals surface area contributed by atoms with Gasteiger partial charge in [0.1, 0.15) is 6.04 Å². The molecule has 1 atom stereocenters. The van der Waals surface area contributed by atoms with Gasteiger partial charge in [0.05, 0.1) is 0 Å². The molecule has 19 heavy (non-hydrogen) atoms. The van der Waals surface area contributed by atoms with Crippen LogP contribution < -0.4 is 5.32 Å². The highest BCUT2D eigenvalue weighted by atomic mass is 16.4. The zero-order valence-corrected chi connectivity index (χ0v) is 11.4. The van der Waals surface area contributed by atoms with E-state index in [-0.39, 0.29) is 0 Å². The molecule has 4 nitrogen and oxygen atoms in total. The predicted octanol–water partition coefficient (Wildman–Crippen LogP) is 1.67. The van der Waals surface area contributed by atoms with Crippen molar-refractivity contribution in [3.8, 4) is 0 Å². The largest absolute Gasteiger partial charge is 0.480 e. The van der Waals surface area contributed by atoms with Gasteiger partial charge in [0.25, 0.3) is 0 Å². The van der Waals surface area contributed by atoms with Gasteiger partial charge in [-0.1, -0.05) is 37.6 Å². The van der Waals surface area contributed by atoms with E-state index in [0.29, 0.717) is 0 Å². The third-order valence-electron chi connectivity index (χ3n) is 3.58. The summed E-state index contributed by atoms with van der Waals surface area (Å²) < 4.78 is 0. The zero-order valence-electron chi connectivity index (χ0n) is 11.4. The van der Waals surface area contributed by atoms with Crippen LogP contribution in [-0.4, -0.2) is 42.2 Å². The molecule has 1 unspecified atom stereocenters. The SMILES string of the molecule is CCCc1ccc(C(C(=O)O)N2CCNCC2)cc1. The second-order valence-electron chi connectivity index (χ2n) is 5.02. The summed E-state index contributed by atoms with van der Waals surface area (Å²) in [4.78, 5) is 13.6. The highest BCUT2D eigenvalue weighted by Gasteiger charge is 2.28. The molecule has 1 fully saturated rings. The number of hydrogen-bond donors (Lipinski definition) is 2. The number of aliphatic carboxylic acids is 1. The van der Waals surface area contributed by atoms with Gasteiger partial charge in [0.15, 0.2) is 0 Å². The Bertz CT molecular complexity index is 411. The summed E-state index contributed by atoms with van der Waals surface area (Å²) in [7, 11) is 0. The number of piperazine rings is 1. The number of carboxylic acids is 1. The molecule has 0 radical (unpaired) electrons. The monoisotopic (exact) mass is 262 g/mol. The van der Waals surface area contributed by atoms with E-state index in [1.54, 1.807) is 0 Å². The highest BCUT2D eigenvalue weighted by molar-refractivity contribution is 5.75. The van der Waals surface area contributed by atoms with Crippen LogP contribution in [0.3, 0.4) is 0 Å². The molecule has 1 aromatic carbocycles. The van der Waals surface area contributed by atoms with Gasteiger partial charge in [-0.15, -0.1) is 0 Å². The fourth-order valence-electron chi connectivity index (χ4n) is 2.61. The van der Waals surface area contributed by atoms with E-state index in [2.05, 4.69) is 24.4 Å². The Morgan fingerprint density at radius 2 is 1.95 bits per heavy atom. The van der Waals surface area contributed by atoms with Gasteiger partial charge in [-0.25, -0.2) is 0 Å². The maximum absolute atomic E-state index is 11.5. The summed E-state index contributed by atoms with van der Waals surface area (Å²) in [6, 6.07) is 7.52. The number of aryl methyl sites for hydroxylation is 1. The number of benzene rings is 1. The quantitative estimate of drug-likeness (QED) is 0.847. The summed E-state index contributed by atoms with van der Waals surface area (Å²) in [5.41, 5.74) is 2.16. The molecule has 104 valence electrons. The molecule has 0 bridgehead atoms. The maximum Gasteiger partial charge on any atom is 0.325 e. The molecule has 1 aliphatic rings. The molecule has 0 aliphatic carbocycles. The van der Waals surface area contributed by atoms with E-state index < -0.39 is 12.0 Å². The minimum atomic E-state index is -0.759. The van der Waals surface area contributed by atoms with Crippen molar-refractivity contribution < 1.29 is 9.90 Å². The standard InChI is InChI=1S/C15H22N2O2/c1-2-3-12-4-6-13(7-5-12)14(15(18)19)17-10-8-16-9-11-17/h4-7,14,16H,2-3,8-11H2,1H3,(H,18,19). The average Bonchev–Trinajstić information content (AvgIpc) is 2.42. The lowest BCUT2D eigenvalue weighted by molar-refractivity contribution is -0.143. The highest BCUT2D eigenvalue weighted by Crippen LogP contribution is 2.22. The van der Waals surface area contributed by atoms with Crippen molar-refractivity contribution in [2.24, 2.45) is 0 Å². The molecule has 2 rings (SSSR count). The number of carboxylic acid groups (broad SMARTS) is 1. The normalized spacial score (nSPS) is 18.2. The summed E-state index contributed by atoms with van der Waals surface area (Å²) in [6.45, 7) is 5.44. The number of hydrogen-bond acceptors (Lipinski definition) is 3. The molecule has 4 heteroatoms. The second-order valence-corrected chi connectivity index (χ2v) is 5.02. The predicted molar refractivity (Wildman–Crippen MR) is 75.3 cm³/mol. The minimum absolute atomic E-state index is 0.516. The first-order valence-corrected chi connectivity index (χ1v) is 6.98. The van der Waals surface area contributed by atoms with Crippen molar-refractivity contribution in [2.75, 3.05) is 26.2 Å². The van der Waals surface area contributed by atoms with Crippen molar-refractivity contribution in [1.82, 2.24) is 10.2 Å². The second kappa shape index (κ2) is 6.68. The molecule has 1 saturated heterocycles. The van der Waals surface area contributed by atoms with Crippen LogP contribution in [-0.2, 0) is 11.2 Å². The molecule has 1 aromatic rings. The van der Waals surface area contributed by atoms with Crippen molar-refractivity contribution in [1.29, 1.82) is 0 Å². The first-order chi connectivity index (χ1) is 9.22. The van der Waals surface area contributed by atoms with E-state index in [1.807, 2.05) is 17.0 Å². The van der Waals surface area contributed by atoms with Crippen LogP contribution in [0.2, 0.25) is 0 Å². The first kappa shape index (κ1) is 14.0. The third kappa shape index (κ3) is 3.55. The summed E-state index contributed by atoms with van der Waals surface area (Å²) >= 11 is 0. The van der Waals surface area contributed by atoms with Gasteiger partial charge in [-0.05, 0) is 17.5 Å². The molecule has 1 aliphatic heterocycles. The fraction of sp³-hybridized carbons (Fsp3) is 0.533. The molecule has 1 heterocycles. The van der Waals surface area contributed by atoms with Crippen LogP contribution in [0, 0.1) is 0 Å². The van der Waals surface area contributed by atoms with Crippen molar-refractivity contribution in [3.63, 3.8) is 0 Å². The Balaban J connectivity index is 2.15. The van der Waals surface area contributed by atoms with Gasteiger partial charge in [-0.3, -0.25) is 9.69 Å². The Kier molecular flexibility index (Phi) is 4.93. The van der Waals surface area contributed by atoms with Gasteiger partial charge < -0.3 is 10.4 Å². The maximum atomic E-state index is 11.5. The summed E-state index contributed by atoms with van der Waals surface area (Å²) in [5, 5.41) is 12.7. The van der Waals surface area contributed by atoms with Crippen molar-refractivity contribution in [2.45, 2.75) is 25.8 Å². The summed E-state index contributed by atoms with van der Waals surface area (Å²) in [5.74, 6) is -0.759. The molecule has 2 N–H and O–H groups in total. The Morgan fingerprint density at radius 3 is 2.47 bits per heavy atom. The van der Waals surface area contributed by atoms with Gasteiger partial charge in [-0.2, -0.15) is 0 Å². The molecule has 0 spiro atoms. The Labute approximate surface area is 114 Å². The molecular formula is C15H22N2O2. The van der Waals surface area contributed by atoms with Crippen LogP contribution >= 0.6 is 0 Å². The minimum Gasteiger partial charge on any atom is -0.480 e. The van der Waals surface area contributed by atoms with Crippen LogP contribution in [0.1, 0.15) is 30.5 Å².